The number of hydrogen-bond acceptors (Lipinski definition) is 8. The van der Waals surface area contributed by atoms with Crippen LogP contribution in [-0.2, 0) is 4.79 Å². The van der Waals surface area contributed by atoms with Crippen LogP contribution in [0.5, 0.6) is 5.75 Å². The van der Waals surface area contributed by atoms with Crippen molar-refractivity contribution >= 4 is 50.1 Å². The minimum Gasteiger partial charge on any atom is -0.496 e. The van der Waals surface area contributed by atoms with Gasteiger partial charge in [-0.25, -0.2) is 4.98 Å². The van der Waals surface area contributed by atoms with Gasteiger partial charge >= 0.3 is 0 Å². The van der Waals surface area contributed by atoms with Crippen LogP contribution in [0.15, 0.2) is 48.5 Å². The van der Waals surface area contributed by atoms with Crippen LogP contribution in [0.1, 0.15) is 53.4 Å². The number of aromatic nitrogens is 2. The minimum atomic E-state index is -0.974. The lowest BCUT2D eigenvalue weighted by atomic mass is 9.93. The maximum absolute atomic E-state index is 13.9. The van der Waals surface area contributed by atoms with E-state index in [1.807, 2.05) is 56.3 Å². The molecule has 4 N–H and O–H groups in total. The third kappa shape index (κ3) is 6.90. The number of carbonyl (C=O) groups excluding carboxylic acids is 3. The molecule has 1 saturated heterocycles. The van der Waals surface area contributed by atoms with Gasteiger partial charge in [-0.1, -0.05) is 32.0 Å². The van der Waals surface area contributed by atoms with Crippen LogP contribution >= 0.6 is 11.3 Å². The largest absolute Gasteiger partial charge is 0.496 e. The Balaban J connectivity index is 1.35. The fourth-order valence-electron chi connectivity index (χ4n) is 5.79. The molecule has 1 unspecified atom stereocenters. The zero-order valence-electron chi connectivity index (χ0n) is 24.9. The number of aromatic amines is 1. The average molecular weight is 606 g/mol. The van der Waals surface area contributed by atoms with Crippen molar-refractivity contribution in [1.29, 1.82) is 0 Å². The summed E-state index contributed by atoms with van der Waals surface area (Å²) in [6.45, 7) is 4.76. The Morgan fingerprint density at radius 2 is 2.00 bits per heavy atom. The van der Waals surface area contributed by atoms with E-state index in [0.717, 1.165) is 21.1 Å². The number of ketones is 1. The van der Waals surface area contributed by atoms with Crippen LogP contribution in [0.2, 0.25) is 0 Å². The van der Waals surface area contributed by atoms with Gasteiger partial charge in [0.2, 0.25) is 11.7 Å². The number of methoxy groups -OCH3 is 1. The number of ether oxygens (including phenoxy) is 1. The quantitative estimate of drug-likeness (QED) is 0.169. The number of hydrogen-bond donors (Lipinski definition) is 4. The third-order valence-electron chi connectivity index (χ3n) is 8.08. The van der Waals surface area contributed by atoms with Crippen molar-refractivity contribution in [3.05, 3.63) is 59.2 Å². The van der Waals surface area contributed by atoms with Gasteiger partial charge in [-0.3, -0.25) is 19.3 Å². The second-order valence-electron chi connectivity index (χ2n) is 11.7. The summed E-state index contributed by atoms with van der Waals surface area (Å²) >= 11 is 1.33. The number of benzene rings is 2. The van der Waals surface area contributed by atoms with Gasteiger partial charge in [-0.05, 0) is 62.6 Å². The zero-order valence-corrected chi connectivity index (χ0v) is 25.7. The lowest BCUT2D eigenvalue weighted by Gasteiger charge is -2.33. The van der Waals surface area contributed by atoms with Gasteiger partial charge in [-0.15, -0.1) is 11.3 Å². The molecule has 0 bridgehead atoms. The Morgan fingerprint density at radius 3 is 2.70 bits per heavy atom. The van der Waals surface area contributed by atoms with Gasteiger partial charge in [-0.2, -0.15) is 0 Å². The number of rotatable bonds is 13. The average Bonchev–Trinajstić information content (AvgIpc) is 3.72. The van der Waals surface area contributed by atoms with Crippen molar-refractivity contribution in [2.24, 2.45) is 11.8 Å². The molecular formula is C32H39N5O5S. The molecule has 1 aliphatic heterocycles. The molecule has 1 aliphatic rings. The first-order valence-electron chi connectivity index (χ1n) is 14.7. The van der Waals surface area contributed by atoms with E-state index in [2.05, 4.69) is 20.6 Å². The van der Waals surface area contributed by atoms with E-state index in [4.69, 9.17) is 4.74 Å². The first kappa shape index (κ1) is 30.7. The van der Waals surface area contributed by atoms with Crippen LogP contribution in [0.3, 0.4) is 0 Å². The first-order valence-corrected chi connectivity index (χ1v) is 15.5. The van der Waals surface area contributed by atoms with E-state index in [1.54, 1.807) is 25.1 Å². The number of carbonyl (C=O) groups is 3. The van der Waals surface area contributed by atoms with Crippen LogP contribution in [0.4, 0.5) is 0 Å². The Kier molecular flexibility index (Phi) is 9.43. The molecule has 0 saturated carbocycles. The molecule has 0 spiro atoms. The first-order chi connectivity index (χ1) is 20.6. The van der Waals surface area contributed by atoms with Gasteiger partial charge in [0.15, 0.2) is 5.01 Å². The summed E-state index contributed by atoms with van der Waals surface area (Å²) in [6.07, 6.45) is 0.534. The second kappa shape index (κ2) is 13.2. The van der Waals surface area contributed by atoms with Gasteiger partial charge < -0.3 is 25.5 Å². The number of aliphatic hydroxyl groups excluding tert-OH is 1. The summed E-state index contributed by atoms with van der Waals surface area (Å²) in [5.41, 5.74) is 1.90. The van der Waals surface area contributed by atoms with Crippen molar-refractivity contribution in [2.75, 3.05) is 27.2 Å². The normalized spacial score (nSPS) is 17.4. The molecule has 10 nitrogen and oxygen atoms in total. The number of thiazole rings is 1. The minimum absolute atomic E-state index is 0.0593. The number of amides is 2. The summed E-state index contributed by atoms with van der Waals surface area (Å²) in [5.74, 6) is -0.0187. The van der Waals surface area contributed by atoms with Gasteiger partial charge in [0.25, 0.3) is 5.91 Å². The number of Topliss-reactive ketones (excluding diaryl/α,β-unsaturated/α-hetero) is 1. The molecule has 1 fully saturated rings. The molecule has 4 atom stereocenters. The smallest absolute Gasteiger partial charge is 0.268 e. The van der Waals surface area contributed by atoms with E-state index in [0.29, 0.717) is 42.3 Å². The zero-order chi connectivity index (χ0) is 30.7. The lowest BCUT2D eigenvalue weighted by molar-refractivity contribution is -0.122. The predicted molar refractivity (Wildman–Crippen MR) is 168 cm³/mol. The fourth-order valence-corrected chi connectivity index (χ4v) is 6.74. The molecule has 5 rings (SSSR count). The molecule has 3 heterocycles. The van der Waals surface area contributed by atoms with Crippen LogP contribution in [-0.4, -0.2) is 83.0 Å². The van der Waals surface area contributed by atoms with Crippen LogP contribution in [0.25, 0.3) is 21.1 Å². The van der Waals surface area contributed by atoms with E-state index in [1.165, 1.54) is 11.3 Å². The van der Waals surface area contributed by atoms with E-state index < -0.39 is 18.2 Å². The number of nitrogens with zero attached hydrogens (tertiary/aromatic N) is 2. The summed E-state index contributed by atoms with van der Waals surface area (Å²) in [6, 6.07) is 13.7. The molecular weight excluding hydrogens is 566 g/mol. The van der Waals surface area contributed by atoms with E-state index in [9.17, 15) is 19.5 Å². The van der Waals surface area contributed by atoms with E-state index in [-0.39, 0.29) is 36.0 Å². The maximum Gasteiger partial charge on any atom is 0.268 e. The van der Waals surface area contributed by atoms with Crippen molar-refractivity contribution in [1.82, 2.24) is 25.5 Å². The second-order valence-corrected chi connectivity index (χ2v) is 12.7. The highest BCUT2D eigenvalue weighted by molar-refractivity contribution is 7.20. The highest BCUT2D eigenvalue weighted by atomic mass is 32.1. The number of nitrogens with one attached hydrogen (secondary N) is 3. The summed E-state index contributed by atoms with van der Waals surface area (Å²) < 4.78 is 6.34. The lowest BCUT2D eigenvalue weighted by Crippen LogP contribution is -2.51. The topological polar surface area (TPSA) is 137 Å². The number of H-pyrrole nitrogens is 1. The van der Waals surface area contributed by atoms with Crippen LogP contribution in [0, 0.1) is 11.8 Å². The molecule has 0 radical (unpaired) electrons. The number of para-hydroxylation sites is 1. The Hall–Kier alpha value is -3.80. The third-order valence-corrected chi connectivity index (χ3v) is 9.13. The van der Waals surface area contributed by atoms with Crippen molar-refractivity contribution < 1.29 is 24.2 Å². The maximum atomic E-state index is 13.9. The van der Waals surface area contributed by atoms with Crippen molar-refractivity contribution in [3.63, 3.8) is 0 Å². The molecule has 11 heteroatoms. The Bertz CT molecular complexity index is 1580. The molecule has 2 amide bonds. The van der Waals surface area contributed by atoms with Gasteiger partial charge in [0, 0.05) is 29.9 Å². The molecule has 2 aromatic carbocycles. The Morgan fingerprint density at radius 1 is 1.21 bits per heavy atom. The molecule has 43 heavy (non-hydrogen) atoms. The van der Waals surface area contributed by atoms with E-state index >= 15 is 0 Å². The fraction of sp³-hybridized carbons (Fsp3) is 0.438. The van der Waals surface area contributed by atoms with Crippen molar-refractivity contribution in [3.8, 4) is 5.75 Å². The summed E-state index contributed by atoms with van der Waals surface area (Å²) in [4.78, 5) is 49.3. The Labute approximate surface area is 254 Å². The SMILES string of the molecule is COc1cccc2[nH]c(C(=O)N[C@@H](CC(C)C)C(O)CN(C)[C@@H](C[C@@H]3CCNC3=O)C(=O)c3nc4ccccc4s3)cc12. The van der Waals surface area contributed by atoms with Gasteiger partial charge in [0.05, 0.1) is 35.5 Å². The molecule has 228 valence electrons. The monoisotopic (exact) mass is 605 g/mol. The number of aliphatic hydroxyl groups is 1. The number of fused-ring (bicyclic) bond motifs is 2. The predicted octanol–water partition coefficient (Wildman–Crippen LogP) is 4.00. The standard InChI is InChI=1S/C32H39N5O5S/c1-18(2)14-23(35-31(41)24-16-20-21(34-24)9-7-10-27(20)42-4)26(38)17-37(3)25(15-19-12-13-33-30(19)40)29(39)32-36-22-8-5-6-11-28(22)43-32/h5-11,16,18-19,23,25-26,34,38H,12-15,17H2,1-4H3,(H,33,40)(H,35,41)/t19-,23-,25-,26?/m0/s1. The van der Waals surface area contributed by atoms with Crippen molar-refractivity contribution in [2.45, 2.75) is 51.3 Å². The highest BCUT2D eigenvalue weighted by Crippen LogP contribution is 2.28. The molecule has 4 aromatic rings. The number of likely N-dealkylation sites (N-methyl/N-ethyl adjacent to an activating group) is 1. The summed E-state index contributed by atoms with van der Waals surface area (Å²) in [7, 11) is 3.37. The molecule has 0 aliphatic carbocycles. The summed E-state index contributed by atoms with van der Waals surface area (Å²) in [5, 5.41) is 18.5. The van der Waals surface area contributed by atoms with Gasteiger partial charge in [0.1, 0.15) is 11.4 Å². The van der Waals surface area contributed by atoms with Crippen LogP contribution < -0.4 is 15.4 Å². The highest BCUT2D eigenvalue weighted by Gasteiger charge is 2.36. The molecule has 2 aromatic heterocycles.